The van der Waals surface area contributed by atoms with Gasteiger partial charge in [-0.15, -0.1) is 0 Å². The summed E-state index contributed by atoms with van der Waals surface area (Å²) in [5.74, 6) is 1.28. The number of rotatable bonds is 2. The van der Waals surface area contributed by atoms with Gasteiger partial charge in [-0.25, -0.2) is 0 Å². The number of methoxy groups -OCH3 is 1. The first-order chi connectivity index (χ1) is 5.36. The van der Waals surface area contributed by atoms with Gasteiger partial charge in [-0.1, -0.05) is 0 Å². The van der Waals surface area contributed by atoms with Gasteiger partial charge in [0.25, 0.3) is 0 Å². The van der Waals surface area contributed by atoms with Crippen LogP contribution in [0.4, 0.5) is 0 Å². The van der Waals surface area contributed by atoms with Crippen LogP contribution in [0.25, 0.3) is 5.01 Å². The molecular formula is C8H7NO2. The van der Waals surface area contributed by atoms with E-state index in [0.29, 0.717) is 5.75 Å². The first kappa shape index (κ1) is 7.42. The van der Waals surface area contributed by atoms with E-state index in [1.54, 1.807) is 31.4 Å². The average Bonchev–Trinajstić information content (AvgIpc) is 2.07. The van der Waals surface area contributed by atoms with Crippen LogP contribution in [0, 0.1) is 6.57 Å². The van der Waals surface area contributed by atoms with Crippen LogP contribution in [0.3, 0.4) is 0 Å². The molecule has 56 valence electrons. The van der Waals surface area contributed by atoms with Gasteiger partial charge in [0.1, 0.15) is 5.75 Å². The van der Waals surface area contributed by atoms with Crippen LogP contribution < -0.4 is 9.57 Å². The molecule has 0 fully saturated rings. The van der Waals surface area contributed by atoms with Crippen LogP contribution in [-0.4, -0.2) is 7.11 Å². The smallest absolute Gasteiger partial charge is 0.219 e. The van der Waals surface area contributed by atoms with Crippen LogP contribution >= 0.6 is 0 Å². The zero-order chi connectivity index (χ0) is 8.10. The van der Waals surface area contributed by atoms with E-state index < -0.39 is 0 Å². The van der Waals surface area contributed by atoms with Crippen molar-refractivity contribution in [3.05, 3.63) is 35.8 Å². The van der Waals surface area contributed by atoms with Crippen LogP contribution in [0.5, 0.6) is 11.5 Å². The summed E-state index contributed by atoms with van der Waals surface area (Å²) in [6.07, 6.45) is 0. The van der Waals surface area contributed by atoms with E-state index in [4.69, 9.17) is 11.3 Å². The molecule has 1 aromatic carbocycles. The van der Waals surface area contributed by atoms with Gasteiger partial charge in [-0.2, -0.15) is 11.4 Å². The molecule has 1 rings (SSSR count). The largest absolute Gasteiger partial charge is 0.497 e. The Kier molecular flexibility index (Phi) is 2.34. The first-order valence-corrected chi connectivity index (χ1v) is 3.04. The summed E-state index contributed by atoms with van der Waals surface area (Å²) < 4.78 is 4.91. The zero-order valence-corrected chi connectivity index (χ0v) is 6.07. The fourth-order valence-corrected chi connectivity index (χ4v) is 0.689. The third kappa shape index (κ3) is 1.87. The molecule has 0 atom stereocenters. The summed E-state index contributed by atoms with van der Waals surface area (Å²) in [6.45, 7) is 6.41. The lowest BCUT2D eigenvalue weighted by atomic mass is 10.3. The molecule has 0 radical (unpaired) electrons. The van der Waals surface area contributed by atoms with E-state index >= 15 is 0 Å². The highest BCUT2D eigenvalue weighted by Gasteiger charge is 1.95. The summed E-state index contributed by atoms with van der Waals surface area (Å²) >= 11 is 0. The van der Waals surface area contributed by atoms with Crippen molar-refractivity contribution in [1.82, 2.24) is 0 Å². The lowest BCUT2D eigenvalue weighted by Crippen LogP contribution is -1.82. The molecule has 0 saturated carbocycles. The first-order valence-electron chi connectivity index (χ1n) is 3.04. The Labute approximate surface area is 64.9 Å². The molecule has 0 saturated heterocycles. The molecule has 0 bridgehead atoms. The SMILES string of the molecule is [C-]#[N+]Oc1ccc(OC)cc1. The normalized spacial score (nSPS) is 8.36. The number of nitrogens with zero attached hydrogens (tertiary/aromatic N) is 1. The van der Waals surface area contributed by atoms with E-state index in [1.807, 2.05) is 0 Å². The minimum Gasteiger partial charge on any atom is -0.497 e. The van der Waals surface area contributed by atoms with Gasteiger partial charge in [0.05, 0.1) is 7.11 Å². The maximum absolute atomic E-state index is 6.41. The molecule has 0 unspecified atom stereocenters. The average molecular weight is 149 g/mol. The predicted octanol–water partition coefficient (Wildman–Crippen LogP) is 1.91. The zero-order valence-electron chi connectivity index (χ0n) is 6.07. The minimum absolute atomic E-state index is 0.529. The van der Waals surface area contributed by atoms with Crippen LogP contribution in [0.2, 0.25) is 0 Å². The van der Waals surface area contributed by atoms with E-state index in [0.717, 1.165) is 5.75 Å². The Morgan fingerprint density at radius 1 is 1.18 bits per heavy atom. The van der Waals surface area contributed by atoms with Crippen molar-refractivity contribution in [2.24, 2.45) is 0 Å². The van der Waals surface area contributed by atoms with E-state index in [-0.39, 0.29) is 0 Å². The molecule has 0 aliphatic rings. The Bertz CT molecular complexity index is 260. The van der Waals surface area contributed by atoms with Crippen molar-refractivity contribution in [2.75, 3.05) is 7.11 Å². The van der Waals surface area contributed by atoms with Crippen molar-refractivity contribution in [3.8, 4) is 11.5 Å². The van der Waals surface area contributed by atoms with Crippen LogP contribution in [0.1, 0.15) is 0 Å². The molecule has 3 heteroatoms. The van der Waals surface area contributed by atoms with Crippen molar-refractivity contribution in [1.29, 1.82) is 0 Å². The Morgan fingerprint density at radius 3 is 2.18 bits per heavy atom. The molecule has 11 heavy (non-hydrogen) atoms. The third-order valence-electron chi connectivity index (χ3n) is 1.21. The third-order valence-corrected chi connectivity index (χ3v) is 1.21. The van der Waals surface area contributed by atoms with Crippen LogP contribution in [-0.2, 0) is 0 Å². The molecular weight excluding hydrogens is 142 g/mol. The molecule has 0 aliphatic heterocycles. The Hall–Kier alpha value is -1.69. The van der Waals surface area contributed by atoms with Crippen molar-refractivity contribution < 1.29 is 9.57 Å². The fraction of sp³-hybridized carbons (Fsp3) is 0.125. The molecule has 1 aromatic rings. The number of ether oxygens (including phenoxy) is 1. The maximum atomic E-state index is 6.41. The standard InChI is InChI=1S/C8H7NO2/c1-9-11-8-5-3-7(10-2)4-6-8/h3-6H,2H3. The number of benzene rings is 1. The molecule has 0 N–H and O–H groups in total. The van der Waals surface area contributed by atoms with Gasteiger partial charge in [0.2, 0.25) is 5.75 Å². The Balaban J connectivity index is 2.76. The number of hydrogen-bond donors (Lipinski definition) is 0. The highest BCUT2D eigenvalue weighted by molar-refractivity contribution is 5.31. The lowest BCUT2D eigenvalue weighted by molar-refractivity contribution is 0.412. The van der Waals surface area contributed by atoms with Gasteiger partial charge in [-0.05, 0) is 29.3 Å². The van der Waals surface area contributed by atoms with Gasteiger partial charge in [0.15, 0.2) is 0 Å². The Morgan fingerprint density at radius 2 is 1.73 bits per heavy atom. The number of hydrogen-bond acceptors (Lipinski definition) is 2. The molecule has 0 spiro atoms. The minimum atomic E-state index is 0.529. The highest BCUT2D eigenvalue weighted by atomic mass is 16.6. The molecule has 0 aromatic heterocycles. The quantitative estimate of drug-likeness (QED) is 0.473. The second kappa shape index (κ2) is 3.47. The summed E-state index contributed by atoms with van der Waals surface area (Å²) in [7, 11) is 1.59. The lowest BCUT2D eigenvalue weighted by Gasteiger charge is -1.96. The summed E-state index contributed by atoms with van der Waals surface area (Å²) in [5.41, 5.74) is 0. The second-order valence-corrected chi connectivity index (χ2v) is 1.86. The monoisotopic (exact) mass is 149 g/mol. The van der Waals surface area contributed by atoms with Crippen molar-refractivity contribution in [3.63, 3.8) is 0 Å². The van der Waals surface area contributed by atoms with E-state index in [2.05, 4.69) is 9.85 Å². The van der Waals surface area contributed by atoms with E-state index in [1.165, 1.54) is 0 Å². The van der Waals surface area contributed by atoms with Gasteiger partial charge >= 0.3 is 0 Å². The molecule has 3 nitrogen and oxygen atoms in total. The van der Waals surface area contributed by atoms with Gasteiger partial charge in [0, 0.05) is 0 Å². The predicted molar refractivity (Wildman–Crippen MR) is 40.2 cm³/mol. The molecule has 0 heterocycles. The van der Waals surface area contributed by atoms with Crippen molar-refractivity contribution >= 4 is 0 Å². The molecule has 0 amide bonds. The van der Waals surface area contributed by atoms with Crippen molar-refractivity contribution in [2.45, 2.75) is 0 Å². The van der Waals surface area contributed by atoms with E-state index in [9.17, 15) is 0 Å². The molecule has 0 aliphatic carbocycles. The highest BCUT2D eigenvalue weighted by Crippen LogP contribution is 2.16. The van der Waals surface area contributed by atoms with Gasteiger partial charge in [-0.3, -0.25) is 0 Å². The van der Waals surface area contributed by atoms with Gasteiger partial charge < -0.3 is 4.74 Å². The fourth-order valence-electron chi connectivity index (χ4n) is 0.689. The maximum Gasteiger partial charge on any atom is 0.219 e. The summed E-state index contributed by atoms with van der Waals surface area (Å²) in [6, 6.07) is 6.83. The summed E-state index contributed by atoms with van der Waals surface area (Å²) in [4.78, 5) is 4.54. The second-order valence-electron chi connectivity index (χ2n) is 1.86. The topological polar surface area (TPSA) is 22.8 Å². The summed E-state index contributed by atoms with van der Waals surface area (Å²) in [5, 5.41) is 2.77. The van der Waals surface area contributed by atoms with Crippen LogP contribution in [0.15, 0.2) is 24.3 Å².